The van der Waals surface area contributed by atoms with E-state index in [0.717, 1.165) is 5.57 Å². The second-order valence-electron chi connectivity index (χ2n) is 3.77. The smallest absolute Gasteiger partial charge is 0.127 e. The third-order valence-corrected chi connectivity index (χ3v) is 2.31. The molecule has 2 unspecified atom stereocenters. The maximum atomic E-state index is 13.5. The van der Waals surface area contributed by atoms with Gasteiger partial charge in [0, 0.05) is 5.92 Å². The van der Waals surface area contributed by atoms with E-state index in [1.54, 1.807) is 0 Å². The molecule has 70 valence electrons. The zero-order chi connectivity index (χ0) is 9.89. The van der Waals surface area contributed by atoms with Crippen molar-refractivity contribution in [2.24, 2.45) is 11.8 Å². The zero-order valence-corrected chi connectivity index (χ0v) is 8.52. The first-order valence-corrected chi connectivity index (χ1v) is 4.36. The first-order valence-electron chi connectivity index (χ1n) is 4.36. The second-order valence-corrected chi connectivity index (χ2v) is 3.77. The number of hydrogen-bond acceptors (Lipinski definition) is 0. The van der Waals surface area contributed by atoms with Crippen molar-refractivity contribution in [3.63, 3.8) is 0 Å². The Kier molecular flexibility index (Phi) is 4.22. The molecule has 0 radical (unpaired) electrons. The third kappa shape index (κ3) is 2.80. The standard InChI is InChI=1S/C11H19F/c1-7(2)9(5)11(12)10(6)8(3)4/h8-9,11H,1,6H2,2-5H3. The molecule has 1 heteroatoms. The van der Waals surface area contributed by atoms with Crippen LogP contribution in [0.1, 0.15) is 27.7 Å². The molecule has 0 saturated carbocycles. The molecule has 0 amide bonds. The maximum Gasteiger partial charge on any atom is 0.127 e. The zero-order valence-electron chi connectivity index (χ0n) is 8.52. The first kappa shape index (κ1) is 11.4. The van der Waals surface area contributed by atoms with Crippen LogP contribution in [-0.4, -0.2) is 6.17 Å². The predicted molar refractivity (Wildman–Crippen MR) is 52.9 cm³/mol. The Morgan fingerprint density at radius 2 is 1.58 bits per heavy atom. The Morgan fingerprint density at radius 1 is 1.17 bits per heavy atom. The lowest BCUT2D eigenvalue weighted by molar-refractivity contribution is 0.294. The van der Waals surface area contributed by atoms with Crippen molar-refractivity contribution < 1.29 is 4.39 Å². The Bertz CT molecular complexity index is 179. The van der Waals surface area contributed by atoms with Gasteiger partial charge in [0.1, 0.15) is 6.17 Å². The highest BCUT2D eigenvalue weighted by Crippen LogP contribution is 2.25. The maximum absolute atomic E-state index is 13.5. The predicted octanol–water partition coefficient (Wildman–Crippen LogP) is 3.75. The van der Waals surface area contributed by atoms with E-state index < -0.39 is 6.17 Å². The van der Waals surface area contributed by atoms with Crippen LogP contribution in [0.25, 0.3) is 0 Å². The van der Waals surface area contributed by atoms with Crippen LogP contribution in [0, 0.1) is 11.8 Å². The quantitative estimate of drug-likeness (QED) is 0.564. The molecule has 0 aliphatic carbocycles. The number of rotatable bonds is 4. The summed E-state index contributed by atoms with van der Waals surface area (Å²) in [6.45, 7) is 15.1. The van der Waals surface area contributed by atoms with E-state index in [0.29, 0.717) is 5.57 Å². The molecule has 0 N–H and O–H groups in total. The summed E-state index contributed by atoms with van der Waals surface area (Å²) >= 11 is 0. The molecule has 0 rings (SSSR count). The SMILES string of the molecule is C=C(C)C(C)C(F)C(=C)C(C)C. The van der Waals surface area contributed by atoms with Gasteiger partial charge in [-0.15, -0.1) is 0 Å². The molecule has 0 fully saturated rings. The highest BCUT2D eigenvalue weighted by atomic mass is 19.1. The van der Waals surface area contributed by atoms with E-state index in [-0.39, 0.29) is 11.8 Å². The number of halogens is 1. The molecule has 0 heterocycles. The van der Waals surface area contributed by atoms with Gasteiger partial charge in [-0.1, -0.05) is 39.5 Å². The molecule has 2 atom stereocenters. The molecule has 0 aromatic carbocycles. The van der Waals surface area contributed by atoms with E-state index in [1.807, 2.05) is 27.7 Å². The largest absolute Gasteiger partial charge is 0.242 e. The van der Waals surface area contributed by atoms with E-state index in [1.165, 1.54) is 0 Å². The summed E-state index contributed by atoms with van der Waals surface area (Å²) in [4.78, 5) is 0. The van der Waals surface area contributed by atoms with Crippen LogP contribution in [0.15, 0.2) is 24.3 Å². The number of allylic oxidation sites excluding steroid dienone is 2. The molecule has 0 saturated heterocycles. The summed E-state index contributed by atoms with van der Waals surface area (Å²) in [5.41, 5.74) is 1.55. The topological polar surface area (TPSA) is 0 Å². The lowest BCUT2D eigenvalue weighted by Gasteiger charge is -2.21. The Morgan fingerprint density at radius 3 is 1.83 bits per heavy atom. The van der Waals surface area contributed by atoms with Gasteiger partial charge in [-0.05, 0) is 18.4 Å². The molecule has 0 aliphatic rings. The van der Waals surface area contributed by atoms with Gasteiger partial charge in [0.2, 0.25) is 0 Å². The Hall–Kier alpha value is -0.590. The lowest BCUT2D eigenvalue weighted by atomic mass is 9.89. The molecule has 12 heavy (non-hydrogen) atoms. The fraction of sp³-hybridized carbons (Fsp3) is 0.636. The van der Waals surface area contributed by atoms with E-state index in [4.69, 9.17) is 0 Å². The van der Waals surface area contributed by atoms with Gasteiger partial charge in [0.05, 0.1) is 0 Å². The van der Waals surface area contributed by atoms with Gasteiger partial charge in [-0.3, -0.25) is 0 Å². The van der Waals surface area contributed by atoms with Crippen molar-refractivity contribution in [3.8, 4) is 0 Å². The average molecular weight is 170 g/mol. The summed E-state index contributed by atoms with van der Waals surface area (Å²) in [5, 5.41) is 0. The van der Waals surface area contributed by atoms with Gasteiger partial charge in [-0.25, -0.2) is 4.39 Å². The Labute approximate surface area is 75.2 Å². The fourth-order valence-corrected chi connectivity index (χ4v) is 0.889. The highest BCUT2D eigenvalue weighted by molar-refractivity contribution is 5.12. The van der Waals surface area contributed by atoms with Crippen molar-refractivity contribution in [2.45, 2.75) is 33.9 Å². The van der Waals surface area contributed by atoms with Crippen molar-refractivity contribution in [2.75, 3.05) is 0 Å². The van der Waals surface area contributed by atoms with Gasteiger partial charge in [-0.2, -0.15) is 0 Å². The van der Waals surface area contributed by atoms with E-state index in [2.05, 4.69) is 13.2 Å². The molecule has 0 spiro atoms. The molecule has 0 aliphatic heterocycles. The summed E-state index contributed by atoms with van der Waals surface area (Å²) < 4.78 is 13.5. The van der Waals surface area contributed by atoms with E-state index in [9.17, 15) is 4.39 Å². The minimum absolute atomic E-state index is 0.111. The highest BCUT2D eigenvalue weighted by Gasteiger charge is 2.21. The van der Waals surface area contributed by atoms with Crippen LogP contribution in [-0.2, 0) is 0 Å². The van der Waals surface area contributed by atoms with Crippen molar-refractivity contribution in [1.29, 1.82) is 0 Å². The van der Waals surface area contributed by atoms with Crippen LogP contribution in [0.2, 0.25) is 0 Å². The van der Waals surface area contributed by atoms with Crippen molar-refractivity contribution in [1.82, 2.24) is 0 Å². The lowest BCUT2D eigenvalue weighted by Crippen LogP contribution is -2.18. The van der Waals surface area contributed by atoms with Crippen molar-refractivity contribution >= 4 is 0 Å². The molecule has 0 bridgehead atoms. The molecule has 0 aromatic rings. The van der Waals surface area contributed by atoms with Crippen LogP contribution < -0.4 is 0 Å². The molecular formula is C11H19F. The minimum atomic E-state index is -0.942. The van der Waals surface area contributed by atoms with Crippen LogP contribution in [0.3, 0.4) is 0 Å². The van der Waals surface area contributed by atoms with Crippen molar-refractivity contribution in [3.05, 3.63) is 24.3 Å². The normalized spacial score (nSPS) is 15.8. The average Bonchev–Trinajstić information content (AvgIpc) is 2.00. The van der Waals surface area contributed by atoms with Crippen LogP contribution >= 0.6 is 0 Å². The fourth-order valence-electron chi connectivity index (χ4n) is 0.889. The Balaban J connectivity index is 4.29. The summed E-state index contributed by atoms with van der Waals surface area (Å²) in [6, 6.07) is 0. The minimum Gasteiger partial charge on any atom is -0.242 e. The summed E-state index contributed by atoms with van der Waals surface area (Å²) in [5.74, 6) is 0.0988. The molecule has 0 nitrogen and oxygen atoms in total. The van der Waals surface area contributed by atoms with Gasteiger partial charge >= 0.3 is 0 Å². The molecular weight excluding hydrogens is 151 g/mol. The summed E-state index contributed by atoms with van der Waals surface area (Å²) in [7, 11) is 0. The number of hydrogen-bond donors (Lipinski definition) is 0. The summed E-state index contributed by atoms with van der Waals surface area (Å²) in [6.07, 6.45) is -0.942. The molecule has 0 aromatic heterocycles. The van der Waals surface area contributed by atoms with Crippen LogP contribution in [0.5, 0.6) is 0 Å². The monoisotopic (exact) mass is 170 g/mol. The van der Waals surface area contributed by atoms with Gasteiger partial charge < -0.3 is 0 Å². The third-order valence-electron chi connectivity index (χ3n) is 2.31. The first-order chi connectivity index (χ1) is 5.37. The second kappa shape index (κ2) is 4.44. The van der Waals surface area contributed by atoms with Gasteiger partial charge in [0.25, 0.3) is 0 Å². The van der Waals surface area contributed by atoms with Gasteiger partial charge in [0.15, 0.2) is 0 Å². The van der Waals surface area contributed by atoms with Crippen LogP contribution in [0.4, 0.5) is 4.39 Å². The number of alkyl halides is 1. The van der Waals surface area contributed by atoms with E-state index >= 15 is 0 Å².